The second-order valence-electron chi connectivity index (χ2n) is 9.22. The Morgan fingerprint density at radius 1 is 1.17 bits per heavy atom. The molecule has 0 saturated heterocycles. The van der Waals surface area contributed by atoms with Gasteiger partial charge in [0, 0.05) is 11.7 Å². The number of benzene rings is 1. The highest BCUT2D eigenvalue weighted by molar-refractivity contribution is 5.59. The standard InChI is InChI=1S/C25H32F3N5.C2H6/c1-5-18-9-12-22(17(2)14-29)23(13-18)33(21-7-6-8-21)16-20-11-10-19(15-30-20)31-32-24(3,4)25(26,27)28;1-2/h9-13,15,17,21,31-32H,5-8,16H2,1-4H3;1-2H3. The number of hydrogen-bond donors (Lipinski definition) is 2. The van der Waals surface area contributed by atoms with E-state index >= 15 is 0 Å². The van der Waals surface area contributed by atoms with Crippen LogP contribution in [0.15, 0.2) is 36.5 Å². The van der Waals surface area contributed by atoms with Crippen molar-refractivity contribution < 1.29 is 13.2 Å². The fourth-order valence-electron chi connectivity index (χ4n) is 3.67. The summed E-state index contributed by atoms with van der Waals surface area (Å²) in [6.07, 6.45) is 1.41. The quantitative estimate of drug-likeness (QED) is 0.367. The van der Waals surface area contributed by atoms with Gasteiger partial charge in [0.1, 0.15) is 5.54 Å². The summed E-state index contributed by atoms with van der Waals surface area (Å²) in [6, 6.07) is 12.6. The third-order valence-corrected chi connectivity index (χ3v) is 6.37. The van der Waals surface area contributed by atoms with Gasteiger partial charge in [0.25, 0.3) is 0 Å². The van der Waals surface area contributed by atoms with Crippen LogP contribution < -0.4 is 15.8 Å². The number of rotatable bonds is 9. The lowest BCUT2D eigenvalue weighted by atomic mass is 9.88. The van der Waals surface area contributed by atoms with Crippen molar-refractivity contribution in [1.29, 1.82) is 5.26 Å². The molecule has 1 atom stereocenters. The molecule has 35 heavy (non-hydrogen) atoms. The maximum absolute atomic E-state index is 13.0. The van der Waals surface area contributed by atoms with Gasteiger partial charge in [-0.15, -0.1) is 0 Å². The largest absolute Gasteiger partial charge is 0.407 e. The molecule has 0 aliphatic heterocycles. The van der Waals surface area contributed by atoms with E-state index < -0.39 is 11.7 Å². The number of anilines is 2. The van der Waals surface area contributed by atoms with E-state index in [2.05, 4.69) is 51.9 Å². The molecule has 2 N–H and O–H groups in total. The number of nitriles is 1. The Morgan fingerprint density at radius 3 is 2.34 bits per heavy atom. The maximum atomic E-state index is 13.0. The number of aryl methyl sites for hydroxylation is 1. The Labute approximate surface area is 207 Å². The van der Waals surface area contributed by atoms with Gasteiger partial charge < -0.3 is 10.3 Å². The lowest BCUT2D eigenvalue weighted by molar-refractivity contribution is -0.184. The lowest BCUT2D eigenvalue weighted by Gasteiger charge is -2.40. The first kappa shape index (κ1) is 28.4. The van der Waals surface area contributed by atoms with Crippen molar-refractivity contribution in [3.8, 4) is 6.07 Å². The molecular formula is C27H38F3N5. The molecule has 1 fully saturated rings. The van der Waals surface area contributed by atoms with Crippen molar-refractivity contribution in [2.45, 2.75) is 97.4 Å². The third-order valence-electron chi connectivity index (χ3n) is 6.37. The normalized spacial score (nSPS) is 14.7. The van der Waals surface area contributed by atoms with Gasteiger partial charge in [0.05, 0.1) is 36.1 Å². The molecule has 0 amide bonds. The summed E-state index contributed by atoms with van der Waals surface area (Å²) < 4.78 is 39.1. The molecule has 1 aromatic heterocycles. The average Bonchev–Trinajstić information content (AvgIpc) is 2.81. The molecule has 5 nitrogen and oxygen atoms in total. The summed E-state index contributed by atoms with van der Waals surface area (Å²) in [5.74, 6) is -0.226. The van der Waals surface area contributed by atoms with E-state index in [0.717, 1.165) is 50.1 Å². The molecule has 2 aromatic rings. The van der Waals surface area contributed by atoms with Crippen molar-refractivity contribution >= 4 is 11.4 Å². The molecule has 1 aliphatic rings. The summed E-state index contributed by atoms with van der Waals surface area (Å²) in [5.41, 5.74) is 7.44. The summed E-state index contributed by atoms with van der Waals surface area (Å²) in [7, 11) is 0. The fraction of sp³-hybridized carbons (Fsp3) is 0.556. The summed E-state index contributed by atoms with van der Waals surface area (Å²) >= 11 is 0. The number of aromatic nitrogens is 1. The Bertz CT molecular complexity index is 976. The third kappa shape index (κ3) is 7.11. The van der Waals surface area contributed by atoms with E-state index in [0.29, 0.717) is 18.3 Å². The smallest absolute Gasteiger partial charge is 0.362 e. The van der Waals surface area contributed by atoms with Gasteiger partial charge >= 0.3 is 6.18 Å². The van der Waals surface area contributed by atoms with Crippen LogP contribution in [0.25, 0.3) is 0 Å². The summed E-state index contributed by atoms with van der Waals surface area (Å²) in [6.45, 7) is 10.7. The minimum atomic E-state index is -4.39. The lowest BCUT2D eigenvalue weighted by Crippen LogP contribution is -2.54. The molecule has 0 bridgehead atoms. The zero-order valence-electron chi connectivity index (χ0n) is 21.6. The molecule has 1 unspecified atom stereocenters. The second-order valence-corrected chi connectivity index (χ2v) is 9.22. The second kappa shape index (κ2) is 12.3. The molecule has 0 radical (unpaired) electrons. The van der Waals surface area contributed by atoms with Crippen LogP contribution in [0.5, 0.6) is 0 Å². The summed E-state index contributed by atoms with van der Waals surface area (Å²) in [5, 5.41) is 9.54. The first-order chi connectivity index (χ1) is 16.6. The van der Waals surface area contributed by atoms with Gasteiger partial charge in [0.15, 0.2) is 0 Å². The van der Waals surface area contributed by atoms with E-state index in [9.17, 15) is 18.4 Å². The SMILES string of the molecule is CC.CCc1ccc(C(C)C#N)c(N(Cc2ccc(NNC(C)(C)C(F)(F)F)cn2)C2CCC2)c1. The van der Waals surface area contributed by atoms with Crippen molar-refractivity contribution in [3.63, 3.8) is 0 Å². The number of nitrogens with one attached hydrogen (secondary N) is 2. The van der Waals surface area contributed by atoms with E-state index in [1.807, 2.05) is 26.8 Å². The maximum Gasteiger partial charge on any atom is 0.407 e. The van der Waals surface area contributed by atoms with Crippen LogP contribution in [0.1, 0.15) is 83.5 Å². The van der Waals surface area contributed by atoms with Gasteiger partial charge in [-0.05, 0) is 75.8 Å². The van der Waals surface area contributed by atoms with Crippen molar-refractivity contribution in [1.82, 2.24) is 10.4 Å². The topological polar surface area (TPSA) is 64.0 Å². The van der Waals surface area contributed by atoms with Gasteiger partial charge in [-0.2, -0.15) is 18.4 Å². The Hall–Kier alpha value is -2.79. The number of nitrogens with zero attached hydrogens (tertiary/aromatic N) is 3. The first-order valence-corrected chi connectivity index (χ1v) is 12.4. The molecule has 1 aliphatic carbocycles. The highest BCUT2D eigenvalue weighted by atomic mass is 19.4. The number of halogens is 3. The van der Waals surface area contributed by atoms with E-state index in [-0.39, 0.29) is 5.92 Å². The molecule has 1 saturated carbocycles. The molecule has 192 valence electrons. The predicted molar refractivity (Wildman–Crippen MR) is 136 cm³/mol. The minimum Gasteiger partial charge on any atom is -0.362 e. The predicted octanol–water partition coefficient (Wildman–Crippen LogP) is 7.11. The number of hydrogen-bond acceptors (Lipinski definition) is 5. The van der Waals surface area contributed by atoms with E-state index in [4.69, 9.17) is 0 Å². The van der Waals surface area contributed by atoms with Crippen molar-refractivity contribution in [2.75, 3.05) is 10.3 Å². The molecule has 8 heteroatoms. The van der Waals surface area contributed by atoms with Crippen LogP contribution in [0.3, 0.4) is 0 Å². The Kier molecular flexibility index (Phi) is 9.96. The zero-order valence-corrected chi connectivity index (χ0v) is 21.6. The molecular weight excluding hydrogens is 451 g/mol. The first-order valence-electron chi connectivity index (χ1n) is 12.4. The van der Waals surface area contributed by atoms with E-state index in [1.165, 1.54) is 18.2 Å². The zero-order chi connectivity index (χ0) is 26.2. The van der Waals surface area contributed by atoms with Crippen LogP contribution in [0.4, 0.5) is 24.5 Å². The Morgan fingerprint density at radius 2 is 1.86 bits per heavy atom. The van der Waals surface area contributed by atoms with Crippen LogP contribution in [-0.2, 0) is 13.0 Å². The molecule has 3 rings (SSSR count). The summed E-state index contributed by atoms with van der Waals surface area (Å²) in [4.78, 5) is 6.83. The van der Waals surface area contributed by atoms with Crippen LogP contribution in [-0.4, -0.2) is 22.7 Å². The number of pyridine rings is 1. The number of hydrazine groups is 1. The molecule has 1 heterocycles. The highest BCUT2D eigenvalue weighted by Gasteiger charge is 2.47. The monoisotopic (exact) mass is 489 g/mol. The average molecular weight is 490 g/mol. The minimum absolute atomic E-state index is 0.226. The van der Waals surface area contributed by atoms with Gasteiger partial charge in [-0.25, -0.2) is 5.43 Å². The van der Waals surface area contributed by atoms with Crippen LogP contribution in [0, 0.1) is 11.3 Å². The van der Waals surface area contributed by atoms with E-state index in [1.54, 1.807) is 6.07 Å². The van der Waals surface area contributed by atoms with Crippen molar-refractivity contribution in [3.05, 3.63) is 53.3 Å². The van der Waals surface area contributed by atoms with Gasteiger partial charge in [0.2, 0.25) is 0 Å². The fourth-order valence-corrected chi connectivity index (χ4v) is 3.67. The number of alkyl halides is 3. The van der Waals surface area contributed by atoms with Crippen LogP contribution >= 0.6 is 0 Å². The van der Waals surface area contributed by atoms with Gasteiger partial charge in [-0.1, -0.05) is 32.9 Å². The van der Waals surface area contributed by atoms with Crippen molar-refractivity contribution in [2.24, 2.45) is 0 Å². The molecule has 0 spiro atoms. The Balaban J connectivity index is 0.00000210. The highest BCUT2D eigenvalue weighted by Crippen LogP contribution is 2.36. The van der Waals surface area contributed by atoms with Crippen LogP contribution in [0.2, 0.25) is 0 Å². The molecule has 1 aromatic carbocycles. The van der Waals surface area contributed by atoms with Gasteiger partial charge in [-0.3, -0.25) is 4.98 Å².